The second-order valence-electron chi connectivity index (χ2n) is 4.81. The molecule has 1 amide bonds. The van der Waals surface area contributed by atoms with Gasteiger partial charge in [0.2, 0.25) is 0 Å². The van der Waals surface area contributed by atoms with Gasteiger partial charge in [-0.15, -0.1) is 0 Å². The zero-order chi connectivity index (χ0) is 15.6. The van der Waals surface area contributed by atoms with Crippen molar-refractivity contribution in [1.82, 2.24) is 0 Å². The van der Waals surface area contributed by atoms with E-state index in [-0.39, 0.29) is 16.5 Å². The summed E-state index contributed by atoms with van der Waals surface area (Å²) in [5.74, 6) is -0.773. The summed E-state index contributed by atoms with van der Waals surface area (Å²) in [6, 6.07) is 9.56. The number of rotatable bonds is 3. The molecule has 0 aliphatic heterocycles. The Hall–Kier alpha value is -2.27. The molecule has 0 saturated carbocycles. The fourth-order valence-corrected chi connectivity index (χ4v) is 2.03. The van der Waals surface area contributed by atoms with Crippen molar-refractivity contribution in [3.63, 3.8) is 0 Å². The lowest BCUT2D eigenvalue weighted by molar-refractivity contribution is 0.102. The Labute approximate surface area is 128 Å². The molecule has 0 aliphatic carbocycles. The Morgan fingerprint density at radius 1 is 1.14 bits per heavy atom. The molecule has 0 fully saturated rings. The lowest BCUT2D eigenvalue weighted by atomic mass is 10.1. The molecule has 108 valence electrons. The normalized spacial score (nSPS) is 10.2. The molecular formula is C16H15FN2OS. The Morgan fingerprint density at radius 3 is 2.48 bits per heavy atom. The smallest absolute Gasteiger partial charge is 0.255 e. The zero-order valence-electron chi connectivity index (χ0n) is 11.7. The minimum atomic E-state index is -0.508. The van der Waals surface area contributed by atoms with Gasteiger partial charge in [0.25, 0.3) is 5.91 Å². The summed E-state index contributed by atoms with van der Waals surface area (Å²) in [4.78, 5) is 12.1. The number of aryl methyl sites for hydroxylation is 2. The first-order valence-electron chi connectivity index (χ1n) is 6.36. The third-order valence-corrected chi connectivity index (χ3v) is 3.48. The van der Waals surface area contributed by atoms with E-state index in [1.807, 2.05) is 26.0 Å². The summed E-state index contributed by atoms with van der Waals surface area (Å²) >= 11 is 4.77. The first kappa shape index (κ1) is 15.1. The minimum Gasteiger partial charge on any atom is -0.389 e. The van der Waals surface area contributed by atoms with Crippen molar-refractivity contribution in [3.8, 4) is 0 Å². The van der Waals surface area contributed by atoms with Crippen LogP contribution in [0.2, 0.25) is 0 Å². The highest BCUT2D eigenvalue weighted by Crippen LogP contribution is 2.17. The van der Waals surface area contributed by atoms with E-state index >= 15 is 0 Å². The van der Waals surface area contributed by atoms with Crippen LogP contribution >= 0.6 is 12.2 Å². The van der Waals surface area contributed by atoms with E-state index in [4.69, 9.17) is 18.0 Å². The molecule has 0 unspecified atom stereocenters. The number of hydrogen-bond donors (Lipinski definition) is 2. The number of hydrogen-bond acceptors (Lipinski definition) is 2. The maximum absolute atomic E-state index is 13.5. The molecule has 0 atom stereocenters. The molecule has 5 heteroatoms. The first-order chi connectivity index (χ1) is 9.88. The van der Waals surface area contributed by atoms with E-state index in [2.05, 4.69) is 5.32 Å². The van der Waals surface area contributed by atoms with Gasteiger partial charge in [-0.2, -0.15) is 0 Å². The molecule has 0 heterocycles. The van der Waals surface area contributed by atoms with Gasteiger partial charge in [0.05, 0.1) is 0 Å². The number of carbonyl (C=O) groups excluding carboxylic acids is 1. The van der Waals surface area contributed by atoms with E-state index in [0.29, 0.717) is 11.3 Å². The SMILES string of the molecule is Cc1ccc(C(=O)Nc2ccc(F)c(C(N)=S)c2)cc1C. The molecule has 21 heavy (non-hydrogen) atoms. The summed E-state index contributed by atoms with van der Waals surface area (Å²) in [5.41, 5.74) is 8.69. The lowest BCUT2D eigenvalue weighted by Crippen LogP contribution is -2.15. The molecule has 0 aliphatic rings. The van der Waals surface area contributed by atoms with Gasteiger partial charge in [0.1, 0.15) is 10.8 Å². The molecule has 2 aromatic carbocycles. The van der Waals surface area contributed by atoms with E-state index < -0.39 is 5.82 Å². The van der Waals surface area contributed by atoms with Gasteiger partial charge < -0.3 is 11.1 Å². The standard InChI is InChI=1S/C16H15FN2OS/c1-9-3-4-11(7-10(9)2)16(20)19-12-5-6-14(17)13(8-12)15(18)21/h3-8H,1-2H3,(H2,18,21)(H,19,20). The van der Waals surface area contributed by atoms with Crippen LogP contribution in [0.4, 0.5) is 10.1 Å². The Balaban J connectivity index is 2.25. The van der Waals surface area contributed by atoms with Gasteiger partial charge in [-0.1, -0.05) is 18.3 Å². The van der Waals surface area contributed by atoms with Crippen molar-refractivity contribution in [2.75, 3.05) is 5.32 Å². The molecule has 3 N–H and O–H groups in total. The van der Waals surface area contributed by atoms with Gasteiger partial charge in [-0.3, -0.25) is 4.79 Å². The van der Waals surface area contributed by atoms with E-state index in [0.717, 1.165) is 11.1 Å². The average Bonchev–Trinajstić information content (AvgIpc) is 2.43. The second kappa shape index (κ2) is 6.01. The third-order valence-electron chi connectivity index (χ3n) is 3.26. The van der Waals surface area contributed by atoms with Crippen molar-refractivity contribution in [1.29, 1.82) is 0 Å². The number of anilines is 1. The molecule has 0 saturated heterocycles. The van der Waals surface area contributed by atoms with Gasteiger partial charge in [0, 0.05) is 16.8 Å². The fourth-order valence-electron chi connectivity index (χ4n) is 1.88. The van der Waals surface area contributed by atoms with Gasteiger partial charge in [0.15, 0.2) is 0 Å². The molecule has 0 aromatic heterocycles. The van der Waals surface area contributed by atoms with Crippen LogP contribution in [-0.2, 0) is 0 Å². The second-order valence-corrected chi connectivity index (χ2v) is 5.25. The summed E-state index contributed by atoms with van der Waals surface area (Å²) in [6.07, 6.45) is 0. The monoisotopic (exact) mass is 302 g/mol. The number of amides is 1. The summed E-state index contributed by atoms with van der Waals surface area (Å²) < 4.78 is 13.5. The molecule has 0 spiro atoms. The minimum absolute atomic E-state index is 0.0465. The van der Waals surface area contributed by atoms with Crippen LogP contribution in [0.1, 0.15) is 27.0 Å². The number of nitrogens with one attached hydrogen (secondary N) is 1. The lowest BCUT2D eigenvalue weighted by Gasteiger charge is -2.09. The van der Waals surface area contributed by atoms with Gasteiger partial charge in [-0.05, 0) is 55.3 Å². The van der Waals surface area contributed by atoms with Crippen molar-refractivity contribution in [2.24, 2.45) is 5.73 Å². The van der Waals surface area contributed by atoms with Crippen molar-refractivity contribution >= 4 is 28.8 Å². The predicted octanol–water partition coefficient (Wildman–Crippen LogP) is 3.33. The van der Waals surface area contributed by atoms with Crippen LogP contribution in [0.5, 0.6) is 0 Å². The molecular weight excluding hydrogens is 287 g/mol. The Bertz CT molecular complexity index is 728. The summed E-state index contributed by atoms with van der Waals surface area (Å²) in [5, 5.41) is 2.71. The molecule has 2 rings (SSSR count). The summed E-state index contributed by atoms with van der Waals surface area (Å²) in [6.45, 7) is 3.92. The fraction of sp³-hybridized carbons (Fsp3) is 0.125. The topological polar surface area (TPSA) is 55.1 Å². The number of benzene rings is 2. The third kappa shape index (κ3) is 3.44. The maximum atomic E-state index is 13.5. The van der Waals surface area contributed by atoms with Crippen LogP contribution < -0.4 is 11.1 Å². The predicted molar refractivity (Wildman–Crippen MR) is 86.2 cm³/mol. The molecule has 0 bridgehead atoms. The number of halogens is 1. The highest BCUT2D eigenvalue weighted by atomic mass is 32.1. The molecule has 3 nitrogen and oxygen atoms in total. The maximum Gasteiger partial charge on any atom is 0.255 e. The molecule has 2 aromatic rings. The van der Waals surface area contributed by atoms with Crippen LogP contribution in [0.25, 0.3) is 0 Å². The van der Waals surface area contributed by atoms with Crippen molar-refractivity contribution < 1.29 is 9.18 Å². The van der Waals surface area contributed by atoms with Crippen molar-refractivity contribution in [3.05, 3.63) is 64.5 Å². The van der Waals surface area contributed by atoms with E-state index in [1.54, 1.807) is 6.07 Å². The largest absolute Gasteiger partial charge is 0.389 e. The van der Waals surface area contributed by atoms with E-state index in [1.165, 1.54) is 18.2 Å². The first-order valence-corrected chi connectivity index (χ1v) is 6.77. The van der Waals surface area contributed by atoms with Crippen molar-refractivity contribution in [2.45, 2.75) is 13.8 Å². The van der Waals surface area contributed by atoms with Crippen LogP contribution in [0, 0.1) is 19.7 Å². The highest BCUT2D eigenvalue weighted by molar-refractivity contribution is 7.80. The summed E-state index contributed by atoms with van der Waals surface area (Å²) in [7, 11) is 0. The average molecular weight is 302 g/mol. The number of thiocarbonyl (C=S) groups is 1. The van der Waals surface area contributed by atoms with Gasteiger partial charge in [-0.25, -0.2) is 4.39 Å². The van der Waals surface area contributed by atoms with Crippen LogP contribution in [0.3, 0.4) is 0 Å². The Morgan fingerprint density at radius 2 is 1.86 bits per heavy atom. The number of nitrogens with two attached hydrogens (primary N) is 1. The molecule has 0 radical (unpaired) electrons. The highest BCUT2D eigenvalue weighted by Gasteiger charge is 2.10. The Kier molecular flexibility index (Phi) is 4.33. The van der Waals surface area contributed by atoms with Crippen LogP contribution in [-0.4, -0.2) is 10.9 Å². The zero-order valence-corrected chi connectivity index (χ0v) is 12.6. The van der Waals surface area contributed by atoms with E-state index in [9.17, 15) is 9.18 Å². The number of carbonyl (C=O) groups is 1. The van der Waals surface area contributed by atoms with Crippen LogP contribution in [0.15, 0.2) is 36.4 Å². The quantitative estimate of drug-likeness (QED) is 0.855. The van der Waals surface area contributed by atoms with Gasteiger partial charge >= 0.3 is 0 Å².